The van der Waals surface area contributed by atoms with Crippen molar-refractivity contribution in [2.24, 2.45) is 17.8 Å². The lowest BCUT2D eigenvalue weighted by Crippen LogP contribution is -2.40. The van der Waals surface area contributed by atoms with Crippen LogP contribution in [0.1, 0.15) is 49.8 Å². The minimum atomic E-state index is 0.569. The van der Waals surface area contributed by atoms with Gasteiger partial charge in [0.05, 0.1) is 0 Å². The van der Waals surface area contributed by atoms with Crippen molar-refractivity contribution in [3.63, 3.8) is 0 Å². The van der Waals surface area contributed by atoms with E-state index in [-0.39, 0.29) is 0 Å². The van der Waals surface area contributed by atoms with Crippen molar-refractivity contribution in [1.82, 2.24) is 5.32 Å². The fourth-order valence-electron chi connectivity index (χ4n) is 4.87. The van der Waals surface area contributed by atoms with Gasteiger partial charge in [-0.3, -0.25) is 0 Å². The van der Waals surface area contributed by atoms with Crippen LogP contribution in [0.15, 0.2) is 24.3 Å². The molecule has 2 saturated carbocycles. The molecule has 1 aromatic carbocycles. The highest BCUT2D eigenvalue weighted by atomic mass is 32.2. The molecule has 1 heterocycles. The highest BCUT2D eigenvalue weighted by Gasteiger charge is 2.42. The van der Waals surface area contributed by atoms with E-state index in [1.807, 2.05) is 0 Å². The molecule has 2 bridgehead atoms. The molecule has 1 aliphatic heterocycles. The van der Waals surface area contributed by atoms with Crippen LogP contribution < -0.4 is 5.32 Å². The number of hydrogen-bond donors (Lipinski definition) is 1. The summed E-state index contributed by atoms with van der Waals surface area (Å²) < 4.78 is 0. The van der Waals surface area contributed by atoms with E-state index in [0.717, 1.165) is 17.8 Å². The Morgan fingerprint density at radius 3 is 2.90 bits per heavy atom. The van der Waals surface area contributed by atoms with Crippen LogP contribution >= 0.6 is 11.8 Å². The summed E-state index contributed by atoms with van der Waals surface area (Å²) >= 11 is 2.08. The lowest BCUT2D eigenvalue weighted by atomic mass is 9.83. The molecular weight excluding hydrogens is 262 g/mol. The van der Waals surface area contributed by atoms with Crippen LogP contribution in [-0.4, -0.2) is 11.8 Å². The van der Waals surface area contributed by atoms with Crippen LogP contribution in [0.3, 0.4) is 0 Å². The molecule has 2 aliphatic carbocycles. The third kappa shape index (κ3) is 2.31. The van der Waals surface area contributed by atoms with Crippen LogP contribution in [0.25, 0.3) is 0 Å². The minimum Gasteiger partial charge on any atom is -0.306 e. The van der Waals surface area contributed by atoms with Crippen molar-refractivity contribution in [2.45, 2.75) is 50.4 Å². The maximum Gasteiger partial charge on any atom is 0.0417 e. The molecule has 2 heteroatoms. The summed E-state index contributed by atoms with van der Waals surface area (Å²) in [5.41, 5.74) is 3.10. The van der Waals surface area contributed by atoms with Crippen LogP contribution in [0.2, 0.25) is 0 Å². The van der Waals surface area contributed by atoms with Gasteiger partial charge in [-0.25, -0.2) is 0 Å². The quantitative estimate of drug-likeness (QED) is 0.885. The van der Waals surface area contributed by atoms with E-state index in [4.69, 9.17) is 0 Å². The number of nitrogens with one attached hydrogen (secondary N) is 1. The SMILES string of the molecule is CC(NC1CSCc2ccccc21)C1CC2CCC1C2. The normalized spacial score (nSPS) is 36.9. The van der Waals surface area contributed by atoms with Gasteiger partial charge in [0.25, 0.3) is 0 Å². The zero-order valence-electron chi connectivity index (χ0n) is 12.3. The topological polar surface area (TPSA) is 12.0 Å². The van der Waals surface area contributed by atoms with Crippen molar-refractivity contribution in [3.05, 3.63) is 35.4 Å². The molecule has 20 heavy (non-hydrogen) atoms. The molecule has 3 aliphatic rings. The Morgan fingerprint density at radius 2 is 2.10 bits per heavy atom. The largest absolute Gasteiger partial charge is 0.306 e. The van der Waals surface area contributed by atoms with E-state index in [1.54, 1.807) is 11.1 Å². The molecular formula is C18H25NS. The number of benzene rings is 1. The molecule has 0 saturated heterocycles. The summed E-state index contributed by atoms with van der Waals surface area (Å²) in [7, 11) is 0. The van der Waals surface area contributed by atoms with E-state index in [2.05, 4.69) is 48.3 Å². The lowest BCUT2D eigenvalue weighted by Gasteiger charge is -2.34. The van der Waals surface area contributed by atoms with Crippen molar-refractivity contribution in [2.75, 3.05) is 5.75 Å². The van der Waals surface area contributed by atoms with Gasteiger partial charge in [-0.05, 0) is 55.1 Å². The van der Waals surface area contributed by atoms with E-state index in [9.17, 15) is 0 Å². The highest BCUT2D eigenvalue weighted by Crippen LogP contribution is 2.49. The molecule has 108 valence electrons. The van der Waals surface area contributed by atoms with Gasteiger partial charge in [-0.1, -0.05) is 30.7 Å². The van der Waals surface area contributed by atoms with E-state index in [1.165, 1.54) is 37.2 Å². The number of fused-ring (bicyclic) bond motifs is 3. The fourth-order valence-corrected chi connectivity index (χ4v) is 5.98. The van der Waals surface area contributed by atoms with Gasteiger partial charge in [0.15, 0.2) is 0 Å². The van der Waals surface area contributed by atoms with Gasteiger partial charge in [0, 0.05) is 23.6 Å². The van der Waals surface area contributed by atoms with E-state index >= 15 is 0 Å². The molecule has 1 N–H and O–H groups in total. The van der Waals surface area contributed by atoms with Crippen molar-refractivity contribution in [1.29, 1.82) is 0 Å². The first-order valence-corrected chi connectivity index (χ1v) is 9.38. The molecule has 0 aromatic heterocycles. The summed E-state index contributed by atoms with van der Waals surface area (Å²) in [5, 5.41) is 3.98. The molecule has 2 fully saturated rings. The van der Waals surface area contributed by atoms with E-state index in [0.29, 0.717) is 12.1 Å². The zero-order chi connectivity index (χ0) is 13.5. The Labute approximate surface area is 126 Å². The van der Waals surface area contributed by atoms with Gasteiger partial charge in [0.2, 0.25) is 0 Å². The van der Waals surface area contributed by atoms with Gasteiger partial charge in [-0.2, -0.15) is 11.8 Å². The predicted molar refractivity (Wildman–Crippen MR) is 86.9 cm³/mol. The minimum absolute atomic E-state index is 0.569. The van der Waals surface area contributed by atoms with Crippen molar-refractivity contribution < 1.29 is 0 Å². The van der Waals surface area contributed by atoms with Crippen molar-refractivity contribution >= 4 is 11.8 Å². The summed E-state index contributed by atoms with van der Waals surface area (Å²) in [6.07, 6.45) is 6.01. The summed E-state index contributed by atoms with van der Waals surface area (Å²) in [5.74, 6) is 5.45. The molecule has 0 amide bonds. The van der Waals surface area contributed by atoms with Crippen LogP contribution in [0, 0.1) is 17.8 Å². The fraction of sp³-hybridized carbons (Fsp3) is 0.667. The van der Waals surface area contributed by atoms with E-state index < -0.39 is 0 Å². The Hall–Kier alpha value is -0.470. The Balaban J connectivity index is 1.47. The smallest absolute Gasteiger partial charge is 0.0417 e. The number of hydrogen-bond acceptors (Lipinski definition) is 2. The standard InChI is InChI=1S/C18H25NS/c1-12(17-9-13-6-7-14(17)8-13)19-18-11-20-10-15-4-2-3-5-16(15)18/h2-5,12-14,17-19H,6-11H2,1H3. The predicted octanol–water partition coefficient (Wildman–Crippen LogP) is 4.39. The molecule has 0 radical (unpaired) electrons. The Kier molecular flexibility index (Phi) is 3.55. The average molecular weight is 287 g/mol. The van der Waals surface area contributed by atoms with Gasteiger partial charge < -0.3 is 5.32 Å². The first-order chi connectivity index (χ1) is 9.81. The van der Waals surface area contributed by atoms with Crippen LogP contribution in [-0.2, 0) is 5.75 Å². The third-order valence-corrected chi connectivity index (χ3v) is 6.96. The second-order valence-corrected chi connectivity index (χ2v) is 8.09. The lowest BCUT2D eigenvalue weighted by molar-refractivity contribution is 0.249. The second kappa shape index (κ2) is 5.38. The summed E-state index contributed by atoms with van der Waals surface area (Å²) in [6, 6.07) is 10.3. The number of rotatable bonds is 3. The van der Waals surface area contributed by atoms with Gasteiger partial charge in [0.1, 0.15) is 0 Å². The summed E-state index contributed by atoms with van der Waals surface area (Å²) in [4.78, 5) is 0. The van der Waals surface area contributed by atoms with Gasteiger partial charge >= 0.3 is 0 Å². The van der Waals surface area contributed by atoms with Crippen LogP contribution in [0.4, 0.5) is 0 Å². The van der Waals surface area contributed by atoms with Crippen molar-refractivity contribution in [3.8, 4) is 0 Å². The van der Waals surface area contributed by atoms with Crippen LogP contribution in [0.5, 0.6) is 0 Å². The molecule has 5 atom stereocenters. The highest BCUT2D eigenvalue weighted by molar-refractivity contribution is 7.98. The molecule has 5 unspecified atom stereocenters. The molecule has 4 rings (SSSR count). The molecule has 1 nitrogen and oxygen atoms in total. The maximum atomic E-state index is 3.98. The summed E-state index contributed by atoms with van der Waals surface area (Å²) in [6.45, 7) is 2.44. The third-order valence-electron chi connectivity index (χ3n) is 5.87. The number of thioether (sulfide) groups is 1. The second-order valence-electron chi connectivity index (χ2n) is 7.06. The Bertz CT molecular complexity index is 486. The molecule has 1 aromatic rings. The Morgan fingerprint density at radius 1 is 1.20 bits per heavy atom. The van der Waals surface area contributed by atoms with Gasteiger partial charge in [-0.15, -0.1) is 0 Å². The first-order valence-electron chi connectivity index (χ1n) is 8.23. The monoisotopic (exact) mass is 287 g/mol. The molecule has 0 spiro atoms. The average Bonchev–Trinajstić information content (AvgIpc) is 3.10. The maximum absolute atomic E-state index is 3.98. The zero-order valence-corrected chi connectivity index (χ0v) is 13.2. The first kappa shape index (κ1) is 13.2.